The Morgan fingerprint density at radius 3 is 1.57 bits per heavy atom. The molecule has 0 radical (unpaired) electrons. The second-order valence-electron chi connectivity index (χ2n) is 7.27. The van der Waals surface area contributed by atoms with Crippen molar-refractivity contribution in [2.75, 3.05) is 42.3 Å². The van der Waals surface area contributed by atoms with Gasteiger partial charge in [0.05, 0.1) is 5.29 Å². The van der Waals surface area contributed by atoms with Crippen LogP contribution in [0, 0.1) is 0 Å². The largest absolute Gasteiger partial charge is 0.304 e. The van der Waals surface area contributed by atoms with Crippen molar-refractivity contribution in [2.24, 2.45) is 0 Å². The summed E-state index contributed by atoms with van der Waals surface area (Å²) in [7, 11) is 14.6. The molecule has 0 aliphatic heterocycles. The molecule has 0 aliphatic rings. The summed E-state index contributed by atoms with van der Waals surface area (Å²) in [5, 5.41) is 0.214. The zero-order valence-corrected chi connectivity index (χ0v) is 18.1. The summed E-state index contributed by atoms with van der Waals surface area (Å²) < 4.78 is 0. The first kappa shape index (κ1) is 21.1. The highest BCUT2D eigenvalue weighted by molar-refractivity contribution is 6.15. The zero-order valence-electron chi connectivity index (χ0n) is 16.1. The predicted octanol–water partition coefficient (Wildman–Crippen LogP) is 2.20. The van der Waals surface area contributed by atoms with Crippen molar-refractivity contribution in [1.82, 2.24) is 14.7 Å². The van der Waals surface area contributed by atoms with Crippen LogP contribution in [-0.4, -0.2) is 78.6 Å². The van der Waals surface area contributed by atoms with Gasteiger partial charge in [0.2, 0.25) is 0 Å². The Labute approximate surface area is 137 Å². The third kappa shape index (κ3) is 6.81. The molecular formula is C17H41N3Si. The van der Waals surface area contributed by atoms with E-state index >= 15 is 0 Å². The second kappa shape index (κ2) is 10.8. The fourth-order valence-corrected chi connectivity index (χ4v) is 4.12. The van der Waals surface area contributed by atoms with Crippen LogP contribution in [0.3, 0.4) is 0 Å². The minimum atomic E-state index is 0.214. The molecule has 21 heavy (non-hydrogen) atoms. The molecule has 0 heterocycles. The van der Waals surface area contributed by atoms with Gasteiger partial charge in [-0.15, -0.1) is 0 Å². The molecule has 0 spiro atoms. The van der Waals surface area contributed by atoms with Crippen molar-refractivity contribution >= 4 is 10.2 Å². The lowest BCUT2D eigenvalue weighted by Crippen LogP contribution is -2.66. The van der Waals surface area contributed by atoms with E-state index in [0.29, 0.717) is 6.04 Å². The molecule has 1 unspecified atom stereocenters. The van der Waals surface area contributed by atoms with E-state index in [1.807, 2.05) is 0 Å². The van der Waals surface area contributed by atoms with Gasteiger partial charge in [-0.1, -0.05) is 51.9 Å². The third-order valence-electron chi connectivity index (χ3n) is 5.15. The highest BCUT2D eigenvalue weighted by Crippen LogP contribution is 2.24. The lowest BCUT2D eigenvalue weighted by Gasteiger charge is -2.50. The molecule has 1 atom stereocenters. The van der Waals surface area contributed by atoms with E-state index < -0.39 is 0 Å². The average Bonchev–Trinajstić information content (AvgIpc) is 2.40. The Kier molecular flexibility index (Phi) is 10.8. The van der Waals surface area contributed by atoms with Crippen LogP contribution in [0.4, 0.5) is 0 Å². The van der Waals surface area contributed by atoms with Gasteiger partial charge in [-0.3, -0.25) is 9.80 Å². The summed E-state index contributed by atoms with van der Waals surface area (Å²) in [5.41, 5.74) is 0. The van der Waals surface area contributed by atoms with Crippen LogP contribution >= 0.6 is 0 Å². The van der Waals surface area contributed by atoms with E-state index in [1.165, 1.54) is 51.4 Å². The molecule has 0 bridgehead atoms. The Morgan fingerprint density at radius 2 is 1.19 bits per heavy atom. The van der Waals surface area contributed by atoms with Crippen LogP contribution in [0.1, 0.15) is 58.3 Å². The first-order valence-electron chi connectivity index (χ1n) is 8.79. The van der Waals surface area contributed by atoms with E-state index in [2.05, 4.69) is 63.9 Å². The number of hydrogen-bond donors (Lipinski definition) is 0. The van der Waals surface area contributed by atoms with E-state index in [1.54, 1.807) is 0 Å². The molecule has 0 N–H and O–H groups in total. The van der Waals surface area contributed by atoms with Crippen molar-refractivity contribution in [3.05, 3.63) is 0 Å². The molecular weight excluding hydrogens is 274 g/mol. The fraction of sp³-hybridized carbons (Fsp3) is 1.00. The topological polar surface area (TPSA) is 9.72 Å². The molecule has 0 aromatic rings. The normalized spacial score (nSPS) is 14.6. The van der Waals surface area contributed by atoms with Crippen LogP contribution in [0.15, 0.2) is 0 Å². The summed E-state index contributed by atoms with van der Waals surface area (Å²) >= 11 is 0. The Hall–Kier alpha value is 0.0969. The lowest BCUT2D eigenvalue weighted by atomic mass is 10.0. The molecule has 4 heteroatoms. The molecule has 0 aromatic heterocycles. The van der Waals surface area contributed by atoms with Gasteiger partial charge in [-0.05, 0) is 48.7 Å². The predicted molar refractivity (Wildman–Crippen MR) is 100 cm³/mol. The van der Waals surface area contributed by atoms with Crippen LogP contribution in [0.5, 0.6) is 0 Å². The van der Waals surface area contributed by atoms with Crippen LogP contribution < -0.4 is 0 Å². The van der Waals surface area contributed by atoms with Gasteiger partial charge in [0.1, 0.15) is 0 Å². The van der Waals surface area contributed by atoms with Gasteiger partial charge in [-0.25, -0.2) is 0 Å². The van der Waals surface area contributed by atoms with Crippen molar-refractivity contribution < 1.29 is 0 Å². The zero-order chi connectivity index (χ0) is 16.5. The lowest BCUT2D eigenvalue weighted by molar-refractivity contribution is 0.00345. The molecule has 0 fully saturated rings. The van der Waals surface area contributed by atoms with E-state index in [-0.39, 0.29) is 5.29 Å². The van der Waals surface area contributed by atoms with Gasteiger partial charge in [-0.2, -0.15) is 0 Å². The van der Waals surface area contributed by atoms with Gasteiger partial charge in [0.25, 0.3) is 0 Å². The Balaban J connectivity index is 4.36. The second-order valence-corrected chi connectivity index (χ2v) is 8.74. The monoisotopic (exact) mass is 315 g/mol. The SMILES string of the molecule is CCCCCCCCCC(N(C)C)C([SiH3])(N(C)C)N(C)C. The van der Waals surface area contributed by atoms with Crippen LogP contribution in [0.25, 0.3) is 0 Å². The van der Waals surface area contributed by atoms with Gasteiger partial charge >= 0.3 is 0 Å². The molecule has 3 nitrogen and oxygen atoms in total. The van der Waals surface area contributed by atoms with Crippen molar-refractivity contribution in [2.45, 2.75) is 69.6 Å². The molecule has 0 amide bonds. The molecule has 0 aliphatic carbocycles. The summed E-state index contributed by atoms with van der Waals surface area (Å²) in [6, 6.07) is 0.616. The Morgan fingerprint density at radius 1 is 0.762 bits per heavy atom. The maximum atomic E-state index is 2.43. The van der Waals surface area contributed by atoms with Crippen molar-refractivity contribution in [3.63, 3.8) is 0 Å². The Bertz CT molecular complexity index is 246. The van der Waals surface area contributed by atoms with Gasteiger partial charge in [0.15, 0.2) is 0 Å². The number of hydrogen-bond acceptors (Lipinski definition) is 3. The first-order valence-corrected chi connectivity index (χ1v) is 9.79. The molecule has 128 valence electrons. The minimum Gasteiger partial charge on any atom is -0.304 e. The minimum absolute atomic E-state index is 0.214. The van der Waals surface area contributed by atoms with E-state index in [4.69, 9.17) is 0 Å². The standard InChI is InChI=1S/C17H41N3Si/c1-8-9-10-11-12-13-14-15-16(18(2)3)17(21,19(4)5)20(6)7/h16H,8-15H2,1-7,21H3. The smallest absolute Gasteiger partial charge is 0.0666 e. The summed E-state index contributed by atoms with van der Waals surface area (Å²) in [6.45, 7) is 2.29. The highest BCUT2D eigenvalue weighted by Gasteiger charge is 2.38. The number of rotatable bonds is 12. The number of nitrogens with zero attached hydrogens (tertiary/aromatic N) is 3. The number of unbranched alkanes of at least 4 members (excludes halogenated alkanes) is 6. The third-order valence-corrected chi connectivity index (χ3v) is 7.60. The van der Waals surface area contributed by atoms with Crippen LogP contribution in [-0.2, 0) is 0 Å². The van der Waals surface area contributed by atoms with Gasteiger partial charge < -0.3 is 4.90 Å². The van der Waals surface area contributed by atoms with E-state index in [0.717, 1.165) is 10.2 Å². The molecule has 0 aromatic carbocycles. The maximum absolute atomic E-state index is 2.43. The van der Waals surface area contributed by atoms with E-state index in [9.17, 15) is 0 Å². The number of likely N-dealkylation sites (N-methyl/N-ethyl adjacent to an activating group) is 3. The maximum Gasteiger partial charge on any atom is 0.0666 e. The summed E-state index contributed by atoms with van der Waals surface area (Å²) in [4.78, 5) is 7.28. The molecule has 0 saturated heterocycles. The highest BCUT2D eigenvalue weighted by atomic mass is 28.1. The average molecular weight is 316 g/mol. The molecule has 0 saturated carbocycles. The van der Waals surface area contributed by atoms with Gasteiger partial charge in [0, 0.05) is 16.3 Å². The van der Waals surface area contributed by atoms with Crippen molar-refractivity contribution in [3.8, 4) is 0 Å². The van der Waals surface area contributed by atoms with Crippen molar-refractivity contribution in [1.29, 1.82) is 0 Å². The quantitative estimate of drug-likeness (QED) is 0.310. The summed E-state index contributed by atoms with van der Waals surface area (Å²) in [5.74, 6) is 0. The molecule has 0 rings (SSSR count). The first-order chi connectivity index (χ1) is 9.78. The van der Waals surface area contributed by atoms with Crippen LogP contribution in [0.2, 0.25) is 0 Å². The fourth-order valence-electron chi connectivity index (χ4n) is 3.31. The summed E-state index contributed by atoms with van der Waals surface area (Å²) in [6.07, 6.45) is 11.1.